The number of phenols is 2. The number of benzene rings is 3. The van der Waals surface area contributed by atoms with Crippen molar-refractivity contribution in [1.29, 1.82) is 0 Å². The fourth-order valence-electron chi connectivity index (χ4n) is 7.16. The van der Waals surface area contributed by atoms with Crippen LogP contribution in [0.25, 0.3) is 10.8 Å². The number of rotatable bonds is 3. The highest BCUT2D eigenvalue weighted by atomic mass is 79.9. The first-order valence-electron chi connectivity index (χ1n) is 13.6. The molecule has 214 valence electrons. The topological polar surface area (TPSA) is 149 Å². The maximum atomic E-state index is 14.0. The second-order valence-electron chi connectivity index (χ2n) is 11.1. The minimum absolute atomic E-state index is 0.0306. The number of nitrogens with zero attached hydrogens (tertiary/aromatic N) is 1. The van der Waals surface area contributed by atoms with Crippen LogP contribution < -0.4 is 4.90 Å². The lowest BCUT2D eigenvalue weighted by Crippen LogP contribution is -2.39. The monoisotopic (exact) mass is 639 g/mol. The summed E-state index contributed by atoms with van der Waals surface area (Å²) < 4.78 is 0.0990. The van der Waals surface area contributed by atoms with Crippen molar-refractivity contribution < 1.29 is 39.3 Å². The van der Waals surface area contributed by atoms with Crippen LogP contribution in [0.3, 0.4) is 0 Å². The van der Waals surface area contributed by atoms with Gasteiger partial charge in [0.05, 0.1) is 22.0 Å². The average molecular weight is 640 g/mol. The van der Waals surface area contributed by atoms with E-state index in [2.05, 4.69) is 15.9 Å². The number of carboxylic acid groups (broad SMARTS) is 1. The molecule has 0 radical (unpaired) electrons. The quantitative estimate of drug-likeness (QED) is 0.208. The number of ketones is 2. The number of carbonyl (C=O) groups excluding carboxylic acids is 4. The summed E-state index contributed by atoms with van der Waals surface area (Å²) in [5.41, 5.74) is 1.28. The summed E-state index contributed by atoms with van der Waals surface area (Å²) in [5, 5.41) is 32.4. The van der Waals surface area contributed by atoms with Crippen LogP contribution in [0.2, 0.25) is 0 Å². The zero-order valence-corrected chi connectivity index (χ0v) is 23.9. The van der Waals surface area contributed by atoms with E-state index >= 15 is 0 Å². The Labute approximate surface area is 252 Å². The Morgan fingerprint density at radius 1 is 0.930 bits per heavy atom. The molecule has 10 heteroatoms. The number of Topliss-reactive ketones (excluding diaryl/α,β-unsaturated/α-hetero) is 1. The van der Waals surface area contributed by atoms with Crippen molar-refractivity contribution in [2.24, 2.45) is 17.8 Å². The second-order valence-corrected chi connectivity index (χ2v) is 12.0. The van der Waals surface area contributed by atoms with Gasteiger partial charge in [-0.25, -0.2) is 9.69 Å². The van der Waals surface area contributed by atoms with Crippen LogP contribution in [0.15, 0.2) is 88.0 Å². The molecule has 1 aliphatic heterocycles. The molecule has 0 unspecified atom stereocenters. The smallest absolute Gasteiger partial charge is 0.339 e. The fourth-order valence-corrected chi connectivity index (χ4v) is 7.61. The number of aromatic hydroxyl groups is 2. The Bertz CT molecular complexity index is 1950. The third-order valence-electron chi connectivity index (χ3n) is 9.04. The lowest BCUT2D eigenvalue weighted by Gasteiger charge is -2.42. The van der Waals surface area contributed by atoms with Crippen LogP contribution in [0.4, 0.5) is 5.69 Å². The highest BCUT2D eigenvalue weighted by Gasteiger charge is 2.57. The van der Waals surface area contributed by atoms with Gasteiger partial charge in [-0.15, -0.1) is 0 Å². The van der Waals surface area contributed by atoms with Crippen molar-refractivity contribution in [1.82, 2.24) is 0 Å². The van der Waals surface area contributed by atoms with Crippen LogP contribution in [-0.4, -0.2) is 44.7 Å². The van der Waals surface area contributed by atoms with Crippen LogP contribution in [0.1, 0.15) is 34.7 Å². The molecule has 7 rings (SSSR count). The minimum Gasteiger partial charge on any atom is -0.507 e. The number of anilines is 1. The number of amides is 2. The summed E-state index contributed by atoms with van der Waals surface area (Å²) in [6.07, 6.45) is 3.32. The van der Waals surface area contributed by atoms with Gasteiger partial charge in [0, 0.05) is 40.2 Å². The zero-order chi connectivity index (χ0) is 30.3. The molecule has 1 saturated heterocycles. The molecule has 1 fully saturated rings. The molecule has 4 atom stereocenters. The van der Waals surface area contributed by atoms with Crippen LogP contribution in [0, 0.1) is 17.8 Å². The van der Waals surface area contributed by atoms with Gasteiger partial charge in [0.1, 0.15) is 17.1 Å². The number of halogens is 1. The van der Waals surface area contributed by atoms with Crippen molar-refractivity contribution in [3.8, 4) is 11.5 Å². The van der Waals surface area contributed by atoms with Gasteiger partial charge < -0.3 is 15.3 Å². The molecule has 3 aromatic rings. The van der Waals surface area contributed by atoms with Gasteiger partial charge in [0.2, 0.25) is 11.8 Å². The lowest BCUT2D eigenvalue weighted by atomic mass is 9.59. The molecule has 0 spiro atoms. The van der Waals surface area contributed by atoms with Gasteiger partial charge in [-0.3, -0.25) is 19.2 Å². The summed E-state index contributed by atoms with van der Waals surface area (Å²) in [6.45, 7) is 0. The summed E-state index contributed by atoms with van der Waals surface area (Å²) in [7, 11) is 0. The molecule has 3 aliphatic carbocycles. The van der Waals surface area contributed by atoms with Crippen LogP contribution in [0.5, 0.6) is 11.5 Å². The van der Waals surface area contributed by atoms with Crippen LogP contribution >= 0.6 is 15.9 Å². The number of imide groups is 1. The standard InChI is InChI=1S/C33H22BrNO8/c34-23-13-25(37)28-22(30(23)39)12-21-17(26(28)19-7-5-14-3-1-2-4-16(14)29(19)38)9-10-20-27(21)32(41)35(31(20)40)15-6-8-18(33(42)43)24(36)11-15/h1-9,11,13,20-21,26-27,36,38H,10,12H2,(H,42,43)/t20-,21+,26+,27-/m0/s1. The van der Waals surface area contributed by atoms with E-state index in [9.17, 15) is 39.3 Å². The van der Waals surface area contributed by atoms with E-state index in [1.807, 2.05) is 24.3 Å². The molecular weight excluding hydrogens is 618 g/mol. The molecule has 0 bridgehead atoms. The Balaban J connectivity index is 1.37. The van der Waals surface area contributed by atoms with E-state index in [0.29, 0.717) is 16.5 Å². The molecular formula is C33H22BrNO8. The second kappa shape index (κ2) is 9.60. The molecule has 3 N–H and O–H groups in total. The number of phenolic OH excluding ortho intramolecular Hbond substituents is 1. The summed E-state index contributed by atoms with van der Waals surface area (Å²) >= 11 is 3.21. The summed E-state index contributed by atoms with van der Waals surface area (Å²) in [6, 6.07) is 14.3. The number of aromatic carboxylic acids is 1. The zero-order valence-electron chi connectivity index (χ0n) is 22.3. The summed E-state index contributed by atoms with van der Waals surface area (Å²) in [4.78, 5) is 67.0. The van der Waals surface area contributed by atoms with E-state index in [0.717, 1.165) is 22.4 Å². The lowest BCUT2D eigenvalue weighted by molar-refractivity contribution is -0.123. The summed E-state index contributed by atoms with van der Waals surface area (Å²) in [5.74, 6) is -6.84. The minimum atomic E-state index is -1.35. The first kappa shape index (κ1) is 27.0. The fraction of sp³-hybridized carbons (Fsp3) is 0.182. The van der Waals surface area contributed by atoms with E-state index in [1.165, 1.54) is 12.1 Å². The van der Waals surface area contributed by atoms with Crippen molar-refractivity contribution in [2.75, 3.05) is 4.90 Å². The highest BCUT2D eigenvalue weighted by Crippen LogP contribution is 2.57. The number of carbonyl (C=O) groups is 5. The molecule has 0 aromatic heterocycles. The first-order chi connectivity index (χ1) is 20.6. The molecule has 2 amide bonds. The Kier molecular flexibility index (Phi) is 6.04. The third-order valence-corrected chi connectivity index (χ3v) is 9.63. The number of carboxylic acids is 1. The third kappa shape index (κ3) is 3.86. The first-order valence-corrected chi connectivity index (χ1v) is 14.4. The number of allylic oxidation sites excluding steroid dienone is 6. The van der Waals surface area contributed by atoms with Gasteiger partial charge in [-0.05, 0) is 52.2 Å². The van der Waals surface area contributed by atoms with E-state index in [1.54, 1.807) is 18.2 Å². The van der Waals surface area contributed by atoms with Gasteiger partial charge in [-0.1, -0.05) is 48.0 Å². The molecule has 9 nitrogen and oxygen atoms in total. The van der Waals surface area contributed by atoms with E-state index < -0.39 is 47.2 Å². The normalized spacial score (nSPS) is 24.9. The Morgan fingerprint density at radius 3 is 2.44 bits per heavy atom. The largest absolute Gasteiger partial charge is 0.507 e. The number of hydrogen-bond donors (Lipinski definition) is 3. The van der Waals surface area contributed by atoms with Crippen molar-refractivity contribution >= 4 is 61.7 Å². The SMILES string of the molecule is O=C1C=C(Br)C(=O)C2=C1[C@@H](c1ccc3ccccc3c1O)C1=CC[C@@H]3C(=O)N(c4ccc(C(=O)O)c(O)c4)C(=O)[C@@H]3[C@@H]1C2. The molecule has 4 aliphatic rings. The Hall–Kier alpha value is -4.83. The number of fused-ring (bicyclic) bond motifs is 4. The Morgan fingerprint density at radius 2 is 1.70 bits per heavy atom. The number of hydrogen-bond acceptors (Lipinski definition) is 7. The van der Waals surface area contributed by atoms with Crippen molar-refractivity contribution in [3.05, 3.63) is 99.1 Å². The average Bonchev–Trinajstić information content (AvgIpc) is 3.24. The van der Waals surface area contributed by atoms with Crippen molar-refractivity contribution in [3.63, 3.8) is 0 Å². The van der Waals surface area contributed by atoms with Gasteiger partial charge in [-0.2, -0.15) is 0 Å². The maximum Gasteiger partial charge on any atom is 0.339 e. The molecule has 43 heavy (non-hydrogen) atoms. The predicted octanol–water partition coefficient (Wildman–Crippen LogP) is 4.92. The van der Waals surface area contributed by atoms with Gasteiger partial charge in [0.15, 0.2) is 11.6 Å². The highest BCUT2D eigenvalue weighted by molar-refractivity contribution is 9.12. The van der Waals surface area contributed by atoms with Crippen LogP contribution in [-0.2, 0) is 19.2 Å². The molecule has 3 aromatic carbocycles. The van der Waals surface area contributed by atoms with E-state index in [-0.39, 0.29) is 57.0 Å². The maximum absolute atomic E-state index is 14.0. The van der Waals surface area contributed by atoms with Gasteiger partial charge in [0.25, 0.3) is 0 Å². The molecule has 0 saturated carbocycles. The molecule has 1 heterocycles. The van der Waals surface area contributed by atoms with E-state index in [4.69, 9.17) is 0 Å². The predicted molar refractivity (Wildman–Crippen MR) is 158 cm³/mol. The van der Waals surface area contributed by atoms with Crippen molar-refractivity contribution in [2.45, 2.75) is 18.8 Å². The van der Waals surface area contributed by atoms with Gasteiger partial charge >= 0.3 is 5.97 Å².